The molecule has 1 radical (unpaired) electrons. The van der Waals surface area contributed by atoms with Crippen molar-refractivity contribution in [1.29, 1.82) is 0 Å². The van der Waals surface area contributed by atoms with Crippen molar-refractivity contribution in [1.82, 2.24) is 0 Å². The molecule has 0 bridgehead atoms. The Morgan fingerprint density at radius 1 is 1.46 bits per heavy atom. The minimum atomic E-state index is 0.543. The maximum Gasteiger partial charge on any atom is 0.167 e. The maximum atomic E-state index is 8.90. The summed E-state index contributed by atoms with van der Waals surface area (Å²) in [6.07, 6.45) is 0. The van der Waals surface area contributed by atoms with Crippen LogP contribution in [-0.2, 0) is 0 Å². The maximum absolute atomic E-state index is 8.90. The normalized spacial score (nSPS) is 9.77. The summed E-state index contributed by atoms with van der Waals surface area (Å²) in [5.41, 5.74) is 0.626. The molecule has 13 heavy (non-hydrogen) atoms. The van der Waals surface area contributed by atoms with Gasteiger partial charge in [0.25, 0.3) is 0 Å². The van der Waals surface area contributed by atoms with Crippen molar-refractivity contribution in [3.05, 3.63) is 30.4 Å². The van der Waals surface area contributed by atoms with Crippen LogP contribution in [0.25, 0.3) is 0 Å². The van der Waals surface area contributed by atoms with Crippen molar-refractivity contribution in [2.24, 2.45) is 0 Å². The molecule has 0 aliphatic carbocycles. The lowest BCUT2D eigenvalue weighted by molar-refractivity contribution is 0.303. The number of aliphatic hydroxyl groups excluding tert-OH is 1. The zero-order valence-corrected chi connectivity index (χ0v) is 7.78. The standard InChI is InChI=1S/C10H13O3/c1-3-13-10-8(7-11)5-4-6-9(10)12-2/h4-7,11H,3H2,1-2H3. The van der Waals surface area contributed by atoms with E-state index in [1.807, 2.05) is 6.92 Å². The molecular weight excluding hydrogens is 168 g/mol. The predicted molar refractivity (Wildman–Crippen MR) is 49.5 cm³/mol. The van der Waals surface area contributed by atoms with E-state index in [0.29, 0.717) is 23.7 Å². The Bertz CT molecular complexity index is 249. The van der Waals surface area contributed by atoms with E-state index in [1.54, 1.807) is 25.3 Å². The Labute approximate surface area is 77.9 Å². The van der Waals surface area contributed by atoms with Crippen LogP contribution in [0.3, 0.4) is 0 Å². The molecule has 0 heterocycles. The summed E-state index contributed by atoms with van der Waals surface area (Å²) in [6.45, 7) is 3.43. The Morgan fingerprint density at radius 2 is 2.23 bits per heavy atom. The monoisotopic (exact) mass is 181 g/mol. The average Bonchev–Trinajstić information content (AvgIpc) is 2.18. The van der Waals surface area contributed by atoms with Crippen LogP contribution < -0.4 is 9.47 Å². The van der Waals surface area contributed by atoms with Crippen molar-refractivity contribution in [2.45, 2.75) is 6.92 Å². The summed E-state index contributed by atoms with van der Waals surface area (Å²) in [5, 5.41) is 8.90. The first-order valence-corrected chi connectivity index (χ1v) is 4.10. The Balaban J connectivity index is 3.05. The average molecular weight is 181 g/mol. The third-order valence-electron chi connectivity index (χ3n) is 1.66. The van der Waals surface area contributed by atoms with Gasteiger partial charge in [-0.05, 0) is 13.0 Å². The molecule has 71 valence electrons. The van der Waals surface area contributed by atoms with Crippen molar-refractivity contribution < 1.29 is 14.6 Å². The van der Waals surface area contributed by atoms with E-state index in [9.17, 15) is 0 Å². The highest BCUT2D eigenvalue weighted by atomic mass is 16.5. The van der Waals surface area contributed by atoms with Gasteiger partial charge in [-0.15, -0.1) is 0 Å². The topological polar surface area (TPSA) is 38.7 Å². The van der Waals surface area contributed by atoms with Crippen LogP contribution in [0.15, 0.2) is 18.2 Å². The van der Waals surface area contributed by atoms with E-state index in [1.165, 1.54) is 0 Å². The molecule has 3 heteroatoms. The van der Waals surface area contributed by atoms with E-state index >= 15 is 0 Å². The first-order valence-electron chi connectivity index (χ1n) is 4.10. The number of rotatable bonds is 4. The minimum Gasteiger partial charge on any atom is -0.493 e. The van der Waals surface area contributed by atoms with E-state index in [-0.39, 0.29) is 0 Å². The minimum absolute atomic E-state index is 0.543. The lowest BCUT2D eigenvalue weighted by Crippen LogP contribution is -1.98. The fourth-order valence-electron chi connectivity index (χ4n) is 1.09. The molecule has 0 unspecified atom stereocenters. The van der Waals surface area contributed by atoms with Crippen molar-refractivity contribution in [3.63, 3.8) is 0 Å². The van der Waals surface area contributed by atoms with Crippen molar-refractivity contribution in [3.8, 4) is 11.5 Å². The summed E-state index contributed by atoms with van der Waals surface area (Å²) < 4.78 is 10.4. The van der Waals surface area contributed by atoms with Crippen LogP contribution in [0.2, 0.25) is 0 Å². The SMILES string of the molecule is CCOc1c([CH]O)cccc1OC. The highest BCUT2D eigenvalue weighted by molar-refractivity contribution is 5.48. The summed E-state index contributed by atoms with van der Waals surface area (Å²) >= 11 is 0. The van der Waals surface area contributed by atoms with Gasteiger partial charge in [-0.3, -0.25) is 0 Å². The molecule has 1 aromatic carbocycles. The van der Waals surface area contributed by atoms with Gasteiger partial charge in [0, 0.05) is 5.56 Å². The fourth-order valence-corrected chi connectivity index (χ4v) is 1.09. The largest absolute Gasteiger partial charge is 0.493 e. The number of para-hydroxylation sites is 1. The number of aliphatic hydroxyl groups is 1. The van der Waals surface area contributed by atoms with Gasteiger partial charge in [-0.1, -0.05) is 12.1 Å². The van der Waals surface area contributed by atoms with Crippen LogP contribution in [0.1, 0.15) is 12.5 Å². The molecule has 0 atom stereocenters. The molecule has 0 fully saturated rings. The van der Waals surface area contributed by atoms with Crippen LogP contribution in [0, 0.1) is 6.61 Å². The number of ether oxygens (including phenoxy) is 2. The Kier molecular flexibility index (Phi) is 3.58. The van der Waals surface area contributed by atoms with Crippen LogP contribution >= 0.6 is 0 Å². The predicted octanol–water partition coefficient (Wildman–Crippen LogP) is 1.98. The first kappa shape index (κ1) is 9.86. The fraction of sp³-hybridized carbons (Fsp3) is 0.300. The van der Waals surface area contributed by atoms with E-state index in [2.05, 4.69) is 0 Å². The van der Waals surface area contributed by atoms with Crippen molar-refractivity contribution in [2.75, 3.05) is 13.7 Å². The van der Waals surface area contributed by atoms with E-state index in [0.717, 1.165) is 6.61 Å². The molecule has 0 amide bonds. The third kappa shape index (κ3) is 2.12. The molecule has 0 aliphatic heterocycles. The van der Waals surface area contributed by atoms with Crippen LogP contribution in [0.4, 0.5) is 0 Å². The summed E-state index contributed by atoms with van der Waals surface area (Å²) in [5.74, 6) is 1.21. The van der Waals surface area contributed by atoms with E-state index in [4.69, 9.17) is 14.6 Å². The number of methoxy groups -OCH3 is 1. The van der Waals surface area contributed by atoms with Gasteiger partial charge in [-0.2, -0.15) is 0 Å². The number of hydrogen-bond donors (Lipinski definition) is 1. The van der Waals surface area contributed by atoms with Gasteiger partial charge in [0.1, 0.15) is 6.61 Å². The molecule has 3 nitrogen and oxygen atoms in total. The Morgan fingerprint density at radius 3 is 2.77 bits per heavy atom. The number of benzene rings is 1. The molecular formula is C10H13O3. The van der Waals surface area contributed by atoms with Crippen LogP contribution in [0.5, 0.6) is 11.5 Å². The van der Waals surface area contributed by atoms with E-state index < -0.39 is 0 Å². The first-order chi connectivity index (χ1) is 6.33. The smallest absolute Gasteiger partial charge is 0.167 e. The van der Waals surface area contributed by atoms with Crippen molar-refractivity contribution >= 4 is 0 Å². The molecule has 1 rings (SSSR count). The number of hydrogen-bond acceptors (Lipinski definition) is 3. The van der Waals surface area contributed by atoms with Gasteiger partial charge < -0.3 is 14.6 Å². The molecule has 0 saturated heterocycles. The van der Waals surface area contributed by atoms with Gasteiger partial charge in [-0.25, -0.2) is 0 Å². The van der Waals surface area contributed by atoms with Gasteiger partial charge >= 0.3 is 0 Å². The quantitative estimate of drug-likeness (QED) is 0.771. The zero-order valence-electron chi connectivity index (χ0n) is 7.78. The molecule has 0 spiro atoms. The molecule has 0 aliphatic rings. The summed E-state index contributed by atoms with van der Waals surface area (Å²) in [6, 6.07) is 5.34. The second-order valence-electron chi connectivity index (χ2n) is 2.44. The third-order valence-corrected chi connectivity index (χ3v) is 1.66. The molecule has 0 aromatic heterocycles. The Hall–Kier alpha value is -1.22. The second-order valence-corrected chi connectivity index (χ2v) is 2.44. The molecule has 1 aromatic rings. The lowest BCUT2D eigenvalue weighted by Gasteiger charge is -2.11. The molecule has 0 saturated carbocycles. The zero-order chi connectivity index (χ0) is 9.68. The highest BCUT2D eigenvalue weighted by Crippen LogP contribution is 2.31. The second kappa shape index (κ2) is 4.72. The molecule has 1 N–H and O–H groups in total. The highest BCUT2D eigenvalue weighted by Gasteiger charge is 2.08. The van der Waals surface area contributed by atoms with Gasteiger partial charge in [0.05, 0.1) is 13.7 Å². The lowest BCUT2D eigenvalue weighted by atomic mass is 10.2. The summed E-state index contributed by atoms with van der Waals surface area (Å²) in [4.78, 5) is 0. The van der Waals surface area contributed by atoms with Crippen LogP contribution in [-0.4, -0.2) is 18.8 Å². The summed E-state index contributed by atoms with van der Waals surface area (Å²) in [7, 11) is 1.57. The van der Waals surface area contributed by atoms with Gasteiger partial charge in [0.15, 0.2) is 11.5 Å². The van der Waals surface area contributed by atoms with Gasteiger partial charge in [0.2, 0.25) is 0 Å².